The molecule has 1 saturated heterocycles. The van der Waals surface area contributed by atoms with Gasteiger partial charge < -0.3 is 9.64 Å². The fraction of sp³-hybridized carbons (Fsp3) is 0.500. The van der Waals surface area contributed by atoms with Crippen molar-refractivity contribution in [3.8, 4) is 5.75 Å². The Balaban J connectivity index is 1.86. The maximum absolute atomic E-state index is 13.5. The van der Waals surface area contributed by atoms with Gasteiger partial charge in [-0.15, -0.1) is 0 Å². The fourth-order valence-corrected chi connectivity index (χ4v) is 5.59. The van der Waals surface area contributed by atoms with E-state index in [0.29, 0.717) is 43.4 Å². The van der Waals surface area contributed by atoms with Gasteiger partial charge in [-0.1, -0.05) is 19.9 Å². The smallest absolute Gasteiger partial charge is 0.246 e. The van der Waals surface area contributed by atoms with Crippen LogP contribution in [0.5, 0.6) is 5.75 Å². The number of hydrogen-bond donors (Lipinski definition) is 0. The minimum atomic E-state index is -3.63. The van der Waals surface area contributed by atoms with Crippen LogP contribution in [-0.2, 0) is 10.0 Å². The Morgan fingerprint density at radius 1 is 0.933 bits per heavy atom. The summed E-state index contributed by atoms with van der Waals surface area (Å²) in [7, 11) is -3.63. The third-order valence-corrected chi connectivity index (χ3v) is 7.89. The Morgan fingerprint density at radius 3 is 2.17 bits per heavy atom. The van der Waals surface area contributed by atoms with Gasteiger partial charge in [-0.05, 0) is 80.1 Å². The number of piperazine rings is 1. The highest BCUT2D eigenvalue weighted by Crippen LogP contribution is 2.34. The Morgan fingerprint density at radius 2 is 1.60 bits per heavy atom. The summed E-state index contributed by atoms with van der Waals surface area (Å²) in [6.07, 6.45) is 0. The van der Waals surface area contributed by atoms with Crippen LogP contribution in [0.25, 0.3) is 0 Å². The summed E-state index contributed by atoms with van der Waals surface area (Å²) < 4.78 is 34.4. The standard InChI is InChI=1S/C24H34N2O3S/c1-7-29-23-15-20(6)22(17(2)3)16-24(23)30(27,28)26-12-10-25(11-13-26)21-9-8-18(4)19(5)14-21/h8-9,14-17H,7,10-13H2,1-6H3. The lowest BCUT2D eigenvalue weighted by atomic mass is 9.98. The van der Waals surface area contributed by atoms with E-state index in [0.717, 1.165) is 16.8 Å². The van der Waals surface area contributed by atoms with Gasteiger partial charge in [0.2, 0.25) is 10.0 Å². The summed E-state index contributed by atoms with van der Waals surface area (Å²) >= 11 is 0. The minimum Gasteiger partial charge on any atom is -0.492 e. The van der Waals surface area contributed by atoms with Crippen LogP contribution in [0.1, 0.15) is 48.9 Å². The molecule has 0 N–H and O–H groups in total. The molecule has 0 aliphatic carbocycles. The first-order valence-electron chi connectivity index (χ1n) is 10.7. The first-order chi connectivity index (χ1) is 14.1. The quantitative estimate of drug-likeness (QED) is 0.670. The lowest BCUT2D eigenvalue weighted by molar-refractivity contribution is 0.327. The third kappa shape index (κ3) is 4.49. The average Bonchev–Trinajstić information content (AvgIpc) is 2.70. The molecule has 2 aromatic rings. The number of rotatable bonds is 6. The van der Waals surface area contributed by atoms with Crippen molar-refractivity contribution in [1.29, 1.82) is 0 Å². The van der Waals surface area contributed by atoms with Crippen LogP contribution in [0, 0.1) is 20.8 Å². The first kappa shape index (κ1) is 22.6. The Kier molecular flexibility index (Phi) is 6.78. The molecule has 6 heteroatoms. The average molecular weight is 431 g/mol. The molecule has 0 saturated carbocycles. The molecular formula is C24H34N2O3S. The maximum Gasteiger partial charge on any atom is 0.246 e. The van der Waals surface area contributed by atoms with Crippen LogP contribution in [-0.4, -0.2) is 45.5 Å². The van der Waals surface area contributed by atoms with Crippen molar-refractivity contribution in [1.82, 2.24) is 4.31 Å². The van der Waals surface area contributed by atoms with Gasteiger partial charge in [-0.2, -0.15) is 4.31 Å². The monoisotopic (exact) mass is 430 g/mol. The minimum absolute atomic E-state index is 0.247. The van der Waals surface area contributed by atoms with Gasteiger partial charge in [-0.25, -0.2) is 8.42 Å². The second-order valence-electron chi connectivity index (χ2n) is 8.40. The summed E-state index contributed by atoms with van der Waals surface area (Å²) in [6.45, 7) is 15.0. The van der Waals surface area contributed by atoms with Gasteiger partial charge in [0.15, 0.2) is 0 Å². The topological polar surface area (TPSA) is 49.9 Å². The molecule has 0 amide bonds. The Labute approximate surface area is 181 Å². The maximum atomic E-state index is 13.5. The number of sulfonamides is 1. The molecule has 5 nitrogen and oxygen atoms in total. The zero-order chi connectivity index (χ0) is 22.1. The number of aryl methyl sites for hydroxylation is 3. The number of hydrogen-bond acceptors (Lipinski definition) is 4. The molecule has 0 spiro atoms. The molecule has 3 rings (SSSR count). The molecule has 0 bridgehead atoms. The van der Waals surface area contributed by atoms with Crippen LogP contribution in [0.4, 0.5) is 5.69 Å². The zero-order valence-corrected chi connectivity index (χ0v) is 19.8. The van der Waals surface area contributed by atoms with E-state index in [1.54, 1.807) is 4.31 Å². The highest BCUT2D eigenvalue weighted by Gasteiger charge is 2.32. The van der Waals surface area contributed by atoms with Gasteiger partial charge in [-0.3, -0.25) is 0 Å². The number of anilines is 1. The van der Waals surface area contributed by atoms with Crippen molar-refractivity contribution in [3.05, 3.63) is 52.6 Å². The molecule has 0 aromatic heterocycles. The molecule has 164 valence electrons. The molecule has 0 unspecified atom stereocenters. The van der Waals surface area contributed by atoms with Crippen LogP contribution >= 0.6 is 0 Å². The second kappa shape index (κ2) is 8.98. The molecule has 1 aliphatic rings. The molecule has 30 heavy (non-hydrogen) atoms. The van der Waals surface area contributed by atoms with Crippen molar-refractivity contribution in [2.24, 2.45) is 0 Å². The molecule has 1 aliphatic heterocycles. The van der Waals surface area contributed by atoms with E-state index < -0.39 is 10.0 Å². The molecule has 0 radical (unpaired) electrons. The van der Waals surface area contributed by atoms with E-state index in [1.165, 1.54) is 11.1 Å². The first-order valence-corrected chi connectivity index (χ1v) is 12.2. The van der Waals surface area contributed by atoms with Crippen molar-refractivity contribution in [2.45, 2.75) is 52.4 Å². The van der Waals surface area contributed by atoms with Crippen molar-refractivity contribution in [3.63, 3.8) is 0 Å². The lowest BCUT2D eigenvalue weighted by Crippen LogP contribution is -2.48. The van der Waals surface area contributed by atoms with Crippen LogP contribution in [0.3, 0.4) is 0 Å². The Hall–Kier alpha value is -2.05. The second-order valence-corrected chi connectivity index (χ2v) is 10.3. The van der Waals surface area contributed by atoms with Crippen LogP contribution < -0.4 is 9.64 Å². The molecule has 1 heterocycles. The Bertz CT molecular complexity index is 1010. The van der Waals surface area contributed by atoms with E-state index in [-0.39, 0.29) is 5.92 Å². The van der Waals surface area contributed by atoms with Gasteiger partial charge in [0.1, 0.15) is 10.6 Å². The number of benzene rings is 2. The van der Waals surface area contributed by atoms with Gasteiger partial charge in [0, 0.05) is 31.9 Å². The predicted molar refractivity (Wildman–Crippen MR) is 123 cm³/mol. The highest BCUT2D eigenvalue weighted by molar-refractivity contribution is 7.89. The van der Waals surface area contributed by atoms with Gasteiger partial charge in [0.05, 0.1) is 6.61 Å². The highest BCUT2D eigenvalue weighted by atomic mass is 32.2. The molecule has 1 fully saturated rings. The lowest BCUT2D eigenvalue weighted by Gasteiger charge is -2.36. The summed E-state index contributed by atoms with van der Waals surface area (Å²) in [5.41, 5.74) is 5.79. The predicted octanol–water partition coefficient (Wildman–Crippen LogP) is 4.64. The number of ether oxygens (including phenoxy) is 1. The van der Waals surface area contributed by atoms with Crippen molar-refractivity contribution in [2.75, 3.05) is 37.7 Å². The zero-order valence-electron chi connectivity index (χ0n) is 19.0. The summed E-state index contributed by atoms with van der Waals surface area (Å²) in [5.74, 6) is 0.701. The molecule has 2 aromatic carbocycles. The summed E-state index contributed by atoms with van der Waals surface area (Å²) in [4.78, 5) is 2.55. The summed E-state index contributed by atoms with van der Waals surface area (Å²) in [5, 5.41) is 0. The van der Waals surface area contributed by atoms with Gasteiger partial charge in [0.25, 0.3) is 0 Å². The van der Waals surface area contributed by atoms with Crippen LogP contribution in [0.2, 0.25) is 0 Å². The van der Waals surface area contributed by atoms with Crippen LogP contribution in [0.15, 0.2) is 35.2 Å². The van der Waals surface area contributed by atoms with Crippen molar-refractivity contribution < 1.29 is 13.2 Å². The van der Waals surface area contributed by atoms with E-state index in [4.69, 9.17) is 4.74 Å². The van der Waals surface area contributed by atoms with Crippen molar-refractivity contribution >= 4 is 15.7 Å². The fourth-order valence-electron chi connectivity index (χ4n) is 4.02. The van der Waals surface area contributed by atoms with Gasteiger partial charge >= 0.3 is 0 Å². The normalized spacial score (nSPS) is 15.6. The largest absolute Gasteiger partial charge is 0.492 e. The van der Waals surface area contributed by atoms with E-state index in [1.807, 2.05) is 26.0 Å². The van der Waals surface area contributed by atoms with E-state index >= 15 is 0 Å². The number of nitrogens with zero attached hydrogens (tertiary/aromatic N) is 2. The van der Waals surface area contributed by atoms with E-state index in [2.05, 4.69) is 50.8 Å². The molecule has 0 atom stereocenters. The molecular weight excluding hydrogens is 396 g/mol. The third-order valence-electron chi connectivity index (χ3n) is 5.97. The van der Waals surface area contributed by atoms with E-state index in [9.17, 15) is 8.42 Å². The summed E-state index contributed by atoms with van der Waals surface area (Å²) in [6, 6.07) is 10.1. The SMILES string of the molecule is CCOc1cc(C)c(C(C)C)cc1S(=O)(=O)N1CCN(c2ccc(C)c(C)c2)CC1.